The van der Waals surface area contributed by atoms with Gasteiger partial charge < -0.3 is 9.73 Å². The smallest absolute Gasteiger partial charge is 0.265 e. The number of nitrogens with zero attached hydrogens (tertiary/aromatic N) is 2. The summed E-state index contributed by atoms with van der Waals surface area (Å²) in [5.41, 5.74) is 2.30. The lowest BCUT2D eigenvalue weighted by molar-refractivity contribution is -0.117. The third kappa shape index (κ3) is 5.15. The lowest BCUT2D eigenvalue weighted by atomic mass is 10.1. The van der Waals surface area contributed by atoms with Crippen LogP contribution >= 0.6 is 35.0 Å². The lowest BCUT2D eigenvalue weighted by Gasteiger charge is -2.19. The maximum Gasteiger partial charge on any atom is 0.265 e. The van der Waals surface area contributed by atoms with E-state index in [-0.39, 0.29) is 18.0 Å². The van der Waals surface area contributed by atoms with Crippen molar-refractivity contribution in [1.82, 2.24) is 5.32 Å². The number of thioether (sulfide) groups is 1. The zero-order valence-electron chi connectivity index (χ0n) is 18.0. The molecule has 34 heavy (non-hydrogen) atoms. The number of carbonyl (C=O) groups is 2. The number of amides is 2. The molecule has 2 aromatic carbocycles. The summed E-state index contributed by atoms with van der Waals surface area (Å²) in [6.45, 7) is 2.07. The van der Waals surface area contributed by atoms with Crippen LogP contribution in [0.3, 0.4) is 0 Å². The molecule has 6 nitrogen and oxygen atoms in total. The zero-order valence-corrected chi connectivity index (χ0v) is 20.4. The fourth-order valence-corrected chi connectivity index (χ4v) is 5.09. The molecule has 0 saturated carbocycles. The van der Waals surface area contributed by atoms with Crippen LogP contribution in [0.4, 0.5) is 5.69 Å². The number of hydrogen-bond donors (Lipinski definition) is 1. The van der Waals surface area contributed by atoms with E-state index in [9.17, 15) is 14.9 Å². The van der Waals surface area contributed by atoms with Crippen molar-refractivity contribution in [3.05, 3.63) is 98.4 Å². The van der Waals surface area contributed by atoms with Gasteiger partial charge in [-0.1, -0.05) is 58.7 Å². The summed E-state index contributed by atoms with van der Waals surface area (Å²) in [4.78, 5) is 27.9. The largest absolute Gasteiger partial charge is 0.467 e. The fraction of sp³-hybridized carbons (Fsp3) is 0.160. The number of carbonyl (C=O) groups excluding carboxylic acids is 2. The van der Waals surface area contributed by atoms with E-state index in [1.54, 1.807) is 42.5 Å². The normalized spacial score (nSPS) is 16.9. The monoisotopic (exact) mass is 511 g/mol. The van der Waals surface area contributed by atoms with Gasteiger partial charge in [-0.15, -0.1) is 0 Å². The summed E-state index contributed by atoms with van der Waals surface area (Å²) in [6.07, 6.45) is 1.86. The van der Waals surface area contributed by atoms with Gasteiger partial charge in [0.25, 0.3) is 5.91 Å². The summed E-state index contributed by atoms with van der Waals surface area (Å²) in [6, 6.07) is 18.0. The topological polar surface area (TPSA) is 86.3 Å². The number of hydrogen-bond acceptors (Lipinski definition) is 5. The molecule has 0 spiro atoms. The molecule has 1 aliphatic heterocycles. The summed E-state index contributed by atoms with van der Waals surface area (Å²) in [5.74, 6) is -0.248. The minimum absolute atomic E-state index is 0.125. The first-order valence-electron chi connectivity index (χ1n) is 10.3. The van der Waals surface area contributed by atoms with E-state index >= 15 is 0 Å². The van der Waals surface area contributed by atoms with Gasteiger partial charge in [-0.2, -0.15) is 5.26 Å². The van der Waals surface area contributed by atoms with Crippen LogP contribution in [-0.4, -0.2) is 17.1 Å². The van der Waals surface area contributed by atoms with Crippen LogP contribution in [0.1, 0.15) is 16.9 Å². The van der Waals surface area contributed by atoms with Gasteiger partial charge in [0.1, 0.15) is 22.4 Å². The van der Waals surface area contributed by atoms with E-state index in [1.807, 2.05) is 25.1 Å². The predicted molar refractivity (Wildman–Crippen MR) is 133 cm³/mol. The molecule has 172 valence electrons. The van der Waals surface area contributed by atoms with E-state index in [4.69, 9.17) is 27.6 Å². The van der Waals surface area contributed by atoms with Crippen molar-refractivity contribution in [2.24, 2.45) is 0 Å². The first-order chi connectivity index (χ1) is 16.4. The molecule has 0 radical (unpaired) electrons. The number of benzene rings is 2. The molecule has 1 aromatic heterocycles. The van der Waals surface area contributed by atoms with Crippen LogP contribution in [0.25, 0.3) is 0 Å². The van der Waals surface area contributed by atoms with Crippen molar-refractivity contribution in [1.29, 1.82) is 5.26 Å². The molecule has 2 amide bonds. The van der Waals surface area contributed by atoms with E-state index in [2.05, 4.69) is 5.32 Å². The molecule has 1 N–H and O–H groups in total. The minimum atomic E-state index is -0.582. The van der Waals surface area contributed by atoms with Crippen molar-refractivity contribution in [2.75, 3.05) is 4.90 Å². The van der Waals surface area contributed by atoms with Crippen molar-refractivity contribution < 1.29 is 14.0 Å². The van der Waals surface area contributed by atoms with Gasteiger partial charge >= 0.3 is 0 Å². The molecular weight excluding hydrogens is 493 g/mol. The average molecular weight is 512 g/mol. The SMILES string of the molecule is Cc1ccc(N2C(=O)[C@@H](Cc3ccc(Cl)c(Cl)c3)S/C2=C(\C#N)C(=O)NCc2ccco2)cc1. The summed E-state index contributed by atoms with van der Waals surface area (Å²) in [5, 5.41) is 13.1. The summed E-state index contributed by atoms with van der Waals surface area (Å²) >= 11 is 13.4. The number of anilines is 1. The van der Waals surface area contributed by atoms with E-state index < -0.39 is 11.2 Å². The third-order valence-corrected chi connectivity index (χ3v) is 7.21. The van der Waals surface area contributed by atoms with E-state index in [1.165, 1.54) is 22.9 Å². The minimum Gasteiger partial charge on any atom is -0.467 e. The molecule has 3 aromatic rings. The van der Waals surface area contributed by atoms with Crippen molar-refractivity contribution in [3.63, 3.8) is 0 Å². The number of nitriles is 1. The highest BCUT2D eigenvalue weighted by Gasteiger charge is 2.40. The van der Waals surface area contributed by atoms with Crippen LogP contribution in [0.5, 0.6) is 0 Å². The Morgan fingerprint density at radius 1 is 1.18 bits per heavy atom. The van der Waals surface area contributed by atoms with Gasteiger partial charge in [0.2, 0.25) is 5.91 Å². The van der Waals surface area contributed by atoms with Gasteiger partial charge in [-0.3, -0.25) is 14.5 Å². The van der Waals surface area contributed by atoms with Gasteiger partial charge in [0.15, 0.2) is 0 Å². The third-order valence-electron chi connectivity index (χ3n) is 5.21. The van der Waals surface area contributed by atoms with Gasteiger partial charge in [0.05, 0.1) is 28.1 Å². The molecule has 4 rings (SSSR count). The Kier molecular flexibility index (Phi) is 7.32. The Balaban J connectivity index is 1.68. The standard InChI is InChI=1S/C25H19Cl2N3O3S/c1-15-4-7-17(8-5-15)30-24(32)22(12-16-6-9-20(26)21(27)11-16)34-25(30)19(13-28)23(31)29-14-18-3-2-10-33-18/h2-11,22H,12,14H2,1H3,(H,29,31)/b25-19+/t22-/m1/s1. The Bertz CT molecular complexity index is 1300. The maximum absolute atomic E-state index is 13.5. The molecule has 0 bridgehead atoms. The predicted octanol–water partition coefficient (Wildman–Crippen LogP) is 5.64. The molecule has 1 aliphatic rings. The first kappa shape index (κ1) is 24.0. The highest BCUT2D eigenvalue weighted by atomic mass is 35.5. The second-order valence-corrected chi connectivity index (χ2v) is 9.63. The Hall–Kier alpha value is -3.18. The van der Waals surface area contributed by atoms with Crippen molar-refractivity contribution >= 4 is 52.5 Å². The Labute approximate surface area is 211 Å². The van der Waals surface area contributed by atoms with Crippen LogP contribution in [0.15, 0.2) is 75.9 Å². The zero-order chi connectivity index (χ0) is 24.2. The van der Waals surface area contributed by atoms with Crippen LogP contribution in [-0.2, 0) is 22.6 Å². The molecule has 2 heterocycles. The maximum atomic E-state index is 13.5. The van der Waals surface area contributed by atoms with E-state index in [0.717, 1.165) is 11.1 Å². The Morgan fingerprint density at radius 3 is 2.59 bits per heavy atom. The van der Waals surface area contributed by atoms with Gasteiger partial charge in [0, 0.05) is 5.69 Å². The molecule has 0 unspecified atom stereocenters. The quantitative estimate of drug-likeness (QED) is 0.342. The van der Waals surface area contributed by atoms with E-state index in [0.29, 0.717) is 32.9 Å². The van der Waals surface area contributed by atoms with Crippen molar-refractivity contribution in [2.45, 2.75) is 25.1 Å². The van der Waals surface area contributed by atoms with Crippen LogP contribution in [0.2, 0.25) is 10.0 Å². The highest BCUT2D eigenvalue weighted by molar-refractivity contribution is 8.05. The number of halogens is 2. The molecule has 0 aliphatic carbocycles. The molecular formula is C25H19Cl2N3O3S. The molecule has 9 heteroatoms. The second-order valence-electron chi connectivity index (χ2n) is 7.62. The van der Waals surface area contributed by atoms with Crippen LogP contribution in [0, 0.1) is 18.3 Å². The molecule has 1 fully saturated rings. The van der Waals surface area contributed by atoms with Crippen molar-refractivity contribution in [3.8, 4) is 6.07 Å². The number of rotatable bonds is 6. The molecule has 1 saturated heterocycles. The molecule has 1 atom stereocenters. The number of aryl methyl sites for hydroxylation is 1. The van der Waals surface area contributed by atoms with Gasteiger partial charge in [-0.25, -0.2) is 0 Å². The second kappa shape index (κ2) is 10.4. The van der Waals surface area contributed by atoms with Gasteiger partial charge in [-0.05, 0) is 55.3 Å². The number of nitrogens with one attached hydrogen (secondary N) is 1. The summed E-state index contributed by atoms with van der Waals surface area (Å²) in [7, 11) is 0. The highest BCUT2D eigenvalue weighted by Crippen LogP contribution is 2.42. The first-order valence-corrected chi connectivity index (χ1v) is 12.0. The Morgan fingerprint density at radius 2 is 1.94 bits per heavy atom. The summed E-state index contributed by atoms with van der Waals surface area (Å²) < 4.78 is 5.24. The lowest BCUT2D eigenvalue weighted by Crippen LogP contribution is -2.32. The fourth-order valence-electron chi connectivity index (χ4n) is 3.47. The number of furan rings is 1. The average Bonchev–Trinajstić information content (AvgIpc) is 3.45. The van der Waals surface area contributed by atoms with Crippen LogP contribution < -0.4 is 10.2 Å².